The Morgan fingerprint density at radius 2 is 2.30 bits per heavy atom. The first kappa shape index (κ1) is 14.2. The Bertz CT molecular complexity index is 593. The number of carboxylic acids is 1. The van der Waals surface area contributed by atoms with Crippen molar-refractivity contribution in [2.75, 3.05) is 6.61 Å². The molecule has 2 aromatic heterocycles. The highest BCUT2D eigenvalue weighted by atomic mass is 32.1. The quantitative estimate of drug-likeness (QED) is 0.732. The molecule has 3 N–H and O–H groups in total. The van der Waals surface area contributed by atoms with Crippen LogP contribution in [-0.2, 0) is 4.79 Å². The number of hydrogen-bond acceptors (Lipinski definition) is 6. The summed E-state index contributed by atoms with van der Waals surface area (Å²) < 4.78 is 5.03. The molecule has 1 amide bonds. The second-order valence-electron chi connectivity index (χ2n) is 3.93. The van der Waals surface area contributed by atoms with Gasteiger partial charge < -0.3 is 20.1 Å². The van der Waals surface area contributed by atoms with Crippen LogP contribution in [0.15, 0.2) is 28.1 Å². The van der Waals surface area contributed by atoms with Crippen molar-refractivity contribution in [3.63, 3.8) is 0 Å². The summed E-state index contributed by atoms with van der Waals surface area (Å²) in [6, 6.07) is 3.94. The van der Waals surface area contributed by atoms with E-state index in [1.54, 1.807) is 0 Å². The molecule has 2 rings (SSSR count). The Morgan fingerprint density at radius 1 is 1.50 bits per heavy atom. The molecule has 0 saturated heterocycles. The third-order valence-corrected chi connectivity index (χ3v) is 3.41. The van der Waals surface area contributed by atoms with Crippen LogP contribution in [0, 0.1) is 0 Å². The predicted molar refractivity (Wildman–Crippen MR) is 70.4 cm³/mol. The lowest BCUT2D eigenvalue weighted by molar-refractivity contribution is -0.139. The van der Waals surface area contributed by atoms with Crippen molar-refractivity contribution in [1.29, 1.82) is 0 Å². The molecule has 7 nitrogen and oxygen atoms in total. The van der Waals surface area contributed by atoms with Gasteiger partial charge in [-0.1, -0.05) is 11.2 Å². The number of aliphatic hydroxyl groups excluding tert-OH is 1. The molecule has 0 aliphatic carbocycles. The van der Waals surface area contributed by atoms with Gasteiger partial charge in [0.25, 0.3) is 5.91 Å². The van der Waals surface area contributed by atoms with E-state index < -0.39 is 17.9 Å². The van der Waals surface area contributed by atoms with Crippen molar-refractivity contribution in [3.8, 4) is 10.6 Å². The largest absolute Gasteiger partial charge is 0.480 e. The van der Waals surface area contributed by atoms with Crippen molar-refractivity contribution >= 4 is 23.2 Å². The van der Waals surface area contributed by atoms with Crippen LogP contribution in [0.4, 0.5) is 0 Å². The van der Waals surface area contributed by atoms with E-state index in [0.29, 0.717) is 5.76 Å². The molecule has 0 aliphatic heterocycles. The van der Waals surface area contributed by atoms with Gasteiger partial charge in [0.2, 0.25) is 0 Å². The maximum Gasteiger partial charge on any atom is 0.326 e. The van der Waals surface area contributed by atoms with E-state index in [2.05, 4.69) is 10.5 Å². The Labute approximate surface area is 117 Å². The average Bonchev–Trinajstić information content (AvgIpc) is 3.08. The lowest BCUT2D eigenvalue weighted by Crippen LogP contribution is -2.41. The van der Waals surface area contributed by atoms with Crippen LogP contribution in [-0.4, -0.2) is 39.9 Å². The van der Waals surface area contributed by atoms with Crippen molar-refractivity contribution in [1.82, 2.24) is 10.5 Å². The number of rotatable bonds is 6. The van der Waals surface area contributed by atoms with Crippen LogP contribution < -0.4 is 5.32 Å². The summed E-state index contributed by atoms with van der Waals surface area (Å²) in [6.07, 6.45) is -0.0727. The number of nitrogens with zero attached hydrogens (tertiary/aromatic N) is 1. The normalized spacial score (nSPS) is 12.1. The number of hydrogen-bond donors (Lipinski definition) is 3. The molecule has 1 atom stereocenters. The zero-order valence-electron chi connectivity index (χ0n) is 10.3. The Hall–Kier alpha value is -2.19. The van der Waals surface area contributed by atoms with Gasteiger partial charge >= 0.3 is 5.97 Å². The molecule has 0 spiro atoms. The topological polar surface area (TPSA) is 113 Å². The van der Waals surface area contributed by atoms with Crippen LogP contribution in [0.1, 0.15) is 16.9 Å². The number of carbonyl (C=O) groups excluding carboxylic acids is 1. The monoisotopic (exact) mass is 296 g/mol. The number of carboxylic acid groups (broad SMARTS) is 1. The van der Waals surface area contributed by atoms with E-state index in [1.807, 2.05) is 17.5 Å². The van der Waals surface area contributed by atoms with Gasteiger partial charge in [-0.25, -0.2) is 4.79 Å². The maximum atomic E-state index is 11.8. The fourth-order valence-corrected chi connectivity index (χ4v) is 2.21. The molecule has 8 heteroatoms. The minimum atomic E-state index is -1.21. The van der Waals surface area contributed by atoms with Crippen molar-refractivity contribution < 1.29 is 24.3 Å². The molecule has 0 aliphatic rings. The Kier molecular flexibility index (Phi) is 4.49. The minimum absolute atomic E-state index is 0.00223. The first-order chi connectivity index (χ1) is 9.61. The Balaban J connectivity index is 2.08. The summed E-state index contributed by atoms with van der Waals surface area (Å²) in [5.41, 5.74) is -0.00223. The first-order valence-electron chi connectivity index (χ1n) is 5.77. The van der Waals surface area contributed by atoms with Crippen molar-refractivity contribution in [2.24, 2.45) is 0 Å². The summed E-state index contributed by atoms with van der Waals surface area (Å²) in [5.74, 6) is -1.43. The number of thiophene rings is 1. The van der Waals surface area contributed by atoms with Crippen LogP contribution in [0.2, 0.25) is 0 Å². The first-order valence-corrected chi connectivity index (χ1v) is 6.65. The predicted octanol–water partition coefficient (Wildman–Crippen LogP) is 0.968. The lowest BCUT2D eigenvalue weighted by Gasteiger charge is -2.11. The fraction of sp³-hybridized carbons (Fsp3) is 0.250. The second-order valence-corrected chi connectivity index (χ2v) is 4.88. The summed E-state index contributed by atoms with van der Waals surface area (Å²) in [4.78, 5) is 23.5. The van der Waals surface area contributed by atoms with Gasteiger partial charge in [0, 0.05) is 19.1 Å². The minimum Gasteiger partial charge on any atom is -0.480 e. The SMILES string of the molecule is O=C(NC(CCO)C(=O)O)c1cc(-c2cccs2)on1. The molecule has 0 fully saturated rings. The summed E-state index contributed by atoms with van der Waals surface area (Å²) in [5, 5.41) is 25.4. The summed E-state index contributed by atoms with van der Waals surface area (Å²) in [7, 11) is 0. The number of nitrogens with one attached hydrogen (secondary N) is 1. The van der Waals surface area contributed by atoms with E-state index in [4.69, 9.17) is 14.7 Å². The number of aliphatic hydroxyl groups is 1. The average molecular weight is 296 g/mol. The molecule has 0 saturated carbocycles. The van der Waals surface area contributed by atoms with Gasteiger partial charge in [0.15, 0.2) is 11.5 Å². The molecule has 1 unspecified atom stereocenters. The van der Waals surface area contributed by atoms with E-state index in [1.165, 1.54) is 17.4 Å². The molecule has 0 bridgehead atoms. The van der Waals surface area contributed by atoms with Crippen molar-refractivity contribution in [3.05, 3.63) is 29.3 Å². The van der Waals surface area contributed by atoms with Crippen LogP contribution in [0.25, 0.3) is 10.6 Å². The lowest BCUT2D eigenvalue weighted by atomic mass is 10.2. The highest BCUT2D eigenvalue weighted by molar-refractivity contribution is 7.13. The molecule has 0 radical (unpaired) electrons. The summed E-state index contributed by atoms with van der Waals surface area (Å²) >= 11 is 1.44. The van der Waals surface area contributed by atoms with Gasteiger partial charge in [-0.15, -0.1) is 11.3 Å². The van der Waals surface area contributed by atoms with Gasteiger partial charge in [-0.3, -0.25) is 4.79 Å². The van der Waals surface area contributed by atoms with Gasteiger partial charge in [-0.05, 0) is 11.4 Å². The van der Waals surface area contributed by atoms with Gasteiger partial charge in [-0.2, -0.15) is 0 Å². The molecule has 20 heavy (non-hydrogen) atoms. The van der Waals surface area contributed by atoms with E-state index in [0.717, 1.165) is 4.88 Å². The summed E-state index contributed by atoms with van der Waals surface area (Å²) in [6.45, 7) is -0.337. The highest BCUT2D eigenvalue weighted by Crippen LogP contribution is 2.25. The van der Waals surface area contributed by atoms with Gasteiger partial charge in [0.1, 0.15) is 6.04 Å². The highest BCUT2D eigenvalue weighted by Gasteiger charge is 2.22. The molecular weight excluding hydrogens is 284 g/mol. The number of aliphatic carboxylic acids is 1. The van der Waals surface area contributed by atoms with Crippen LogP contribution in [0.5, 0.6) is 0 Å². The number of aromatic nitrogens is 1. The van der Waals surface area contributed by atoms with Crippen molar-refractivity contribution in [2.45, 2.75) is 12.5 Å². The third-order valence-electron chi connectivity index (χ3n) is 2.53. The Morgan fingerprint density at radius 3 is 2.90 bits per heavy atom. The van der Waals surface area contributed by atoms with Crippen LogP contribution >= 0.6 is 11.3 Å². The van der Waals surface area contributed by atoms with E-state index in [9.17, 15) is 9.59 Å². The zero-order valence-corrected chi connectivity index (χ0v) is 11.1. The fourth-order valence-electron chi connectivity index (χ4n) is 1.54. The third kappa shape index (κ3) is 3.22. The zero-order chi connectivity index (χ0) is 14.5. The molecule has 0 aromatic carbocycles. The molecule has 106 valence electrons. The molecule has 2 aromatic rings. The number of amides is 1. The number of carbonyl (C=O) groups is 2. The van der Waals surface area contributed by atoms with Gasteiger partial charge in [0.05, 0.1) is 4.88 Å². The molecule has 2 heterocycles. The smallest absolute Gasteiger partial charge is 0.326 e. The standard InChI is InChI=1S/C12H12N2O5S/c15-4-3-7(12(17)18)13-11(16)8-6-9(19-14-8)10-2-1-5-20-10/h1-2,5-7,15H,3-4H2,(H,13,16)(H,17,18). The van der Waals surface area contributed by atoms with E-state index >= 15 is 0 Å². The molecular formula is C12H12N2O5S. The van der Waals surface area contributed by atoms with Crippen LogP contribution in [0.3, 0.4) is 0 Å². The second kappa shape index (κ2) is 6.31. The maximum absolute atomic E-state index is 11.8. The van der Waals surface area contributed by atoms with E-state index in [-0.39, 0.29) is 18.7 Å².